The maximum absolute atomic E-state index is 12.2. The summed E-state index contributed by atoms with van der Waals surface area (Å²) in [6.45, 7) is 6.16. The zero-order valence-electron chi connectivity index (χ0n) is 14.6. The minimum Gasteiger partial charge on any atom is -0.325 e. The molecule has 26 heavy (non-hydrogen) atoms. The highest BCUT2D eigenvalue weighted by Crippen LogP contribution is 2.47. The van der Waals surface area contributed by atoms with E-state index in [1.807, 2.05) is 6.92 Å². The molecule has 0 fully saturated rings. The largest absolute Gasteiger partial charge is 0.325 e. The summed E-state index contributed by atoms with van der Waals surface area (Å²) in [5.41, 5.74) is 1.47. The van der Waals surface area contributed by atoms with E-state index >= 15 is 0 Å². The highest BCUT2D eigenvalue weighted by molar-refractivity contribution is 8.01. The Morgan fingerprint density at radius 2 is 2.15 bits per heavy atom. The second-order valence-electron chi connectivity index (χ2n) is 6.05. The van der Waals surface area contributed by atoms with Crippen LogP contribution in [0.2, 0.25) is 0 Å². The number of aromatic nitrogens is 2. The SMILES string of the molecule is Cc1nc(SCC(=O)Nc2cccc([N+](=O)[O-])c2)c2c(n1)SC(C)C2C. The molecule has 1 N–H and O–H groups in total. The summed E-state index contributed by atoms with van der Waals surface area (Å²) in [6, 6.07) is 5.90. The zero-order valence-corrected chi connectivity index (χ0v) is 16.2. The van der Waals surface area contributed by atoms with E-state index < -0.39 is 4.92 Å². The maximum Gasteiger partial charge on any atom is 0.271 e. The van der Waals surface area contributed by atoms with Crippen molar-refractivity contribution in [2.24, 2.45) is 0 Å². The lowest BCUT2D eigenvalue weighted by Gasteiger charge is -2.12. The number of nitrogens with one attached hydrogen (secondary N) is 1. The van der Waals surface area contributed by atoms with Crippen molar-refractivity contribution in [3.05, 3.63) is 45.8 Å². The van der Waals surface area contributed by atoms with Gasteiger partial charge >= 0.3 is 0 Å². The first-order chi connectivity index (χ1) is 12.3. The minimum absolute atomic E-state index is 0.0560. The molecule has 3 rings (SSSR count). The van der Waals surface area contributed by atoms with E-state index in [0.717, 1.165) is 15.6 Å². The van der Waals surface area contributed by atoms with Gasteiger partial charge in [-0.25, -0.2) is 9.97 Å². The number of thioether (sulfide) groups is 2. The number of hydrogen-bond donors (Lipinski definition) is 1. The predicted octanol–water partition coefficient (Wildman–Crippen LogP) is 4.02. The van der Waals surface area contributed by atoms with E-state index in [-0.39, 0.29) is 17.3 Å². The van der Waals surface area contributed by atoms with Gasteiger partial charge in [0.25, 0.3) is 5.69 Å². The lowest BCUT2D eigenvalue weighted by Crippen LogP contribution is -2.15. The summed E-state index contributed by atoms with van der Waals surface area (Å²) in [5, 5.41) is 15.8. The molecule has 0 spiro atoms. The number of rotatable bonds is 5. The molecule has 1 aromatic carbocycles. The molecular weight excluding hydrogens is 372 g/mol. The maximum atomic E-state index is 12.2. The van der Waals surface area contributed by atoms with Crippen molar-refractivity contribution >= 4 is 40.8 Å². The number of amides is 1. The molecule has 136 valence electrons. The smallest absolute Gasteiger partial charge is 0.271 e. The van der Waals surface area contributed by atoms with Crippen LogP contribution in [0.15, 0.2) is 34.3 Å². The van der Waals surface area contributed by atoms with Crippen LogP contribution in [-0.4, -0.2) is 31.8 Å². The van der Waals surface area contributed by atoms with Gasteiger partial charge in [-0.3, -0.25) is 14.9 Å². The van der Waals surface area contributed by atoms with Crippen LogP contribution in [0, 0.1) is 17.0 Å². The molecule has 0 radical (unpaired) electrons. The number of hydrogen-bond acceptors (Lipinski definition) is 7. The number of carbonyl (C=O) groups is 1. The van der Waals surface area contributed by atoms with Crippen LogP contribution in [0.25, 0.3) is 0 Å². The number of aryl methyl sites for hydroxylation is 1. The van der Waals surface area contributed by atoms with Gasteiger partial charge in [-0.1, -0.05) is 31.7 Å². The molecule has 9 heteroatoms. The number of carbonyl (C=O) groups excluding carboxylic acids is 1. The number of non-ortho nitro benzene ring substituents is 1. The van der Waals surface area contributed by atoms with E-state index in [0.29, 0.717) is 22.7 Å². The van der Waals surface area contributed by atoms with Gasteiger partial charge in [0.05, 0.1) is 10.7 Å². The van der Waals surface area contributed by atoms with Crippen molar-refractivity contribution in [2.75, 3.05) is 11.1 Å². The fourth-order valence-electron chi connectivity index (χ4n) is 2.66. The van der Waals surface area contributed by atoms with Crippen molar-refractivity contribution in [3.63, 3.8) is 0 Å². The second-order valence-corrected chi connectivity index (χ2v) is 8.38. The Kier molecular flexibility index (Phi) is 5.47. The van der Waals surface area contributed by atoms with Crippen LogP contribution < -0.4 is 5.32 Å². The highest BCUT2D eigenvalue weighted by atomic mass is 32.2. The van der Waals surface area contributed by atoms with Crippen molar-refractivity contribution in [1.29, 1.82) is 0 Å². The summed E-state index contributed by atoms with van der Waals surface area (Å²) >= 11 is 3.11. The van der Waals surface area contributed by atoms with E-state index in [4.69, 9.17) is 0 Å². The fraction of sp³-hybridized carbons (Fsp3) is 0.353. The number of nitro groups is 1. The number of nitrogens with zero attached hydrogens (tertiary/aromatic N) is 3. The molecule has 1 aliphatic rings. The first kappa shape index (κ1) is 18.7. The minimum atomic E-state index is -0.488. The van der Waals surface area contributed by atoms with Crippen molar-refractivity contribution in [2.45, 2.75) is 42.0 Å². The van der Waals surface area contributed by atoms with E-state index in [1.165, 1.54) is 23.9 Å². The predicted molar refractivity (Wildman–Crippen MR) is 103 cm³/mol. The first-order valence-electron chi connectivity index (χ1n) is 8.07. The third kappa shape index (κ3) is 3.99. The Balaban J connectivity index is 1.69. The monoisotopic (exact) mass is 390 g/mol. The molecule has 1 aliphatic heterocycles. The van der Waals surface area contributed by atoms with Gasteiger partial charge in [-0.2, -0.15) is 0 Å². The zero-order chi connectivity index (χ0) is 18.8. The number of anilines is 1. The summed E-state index contributed by atoms with van der Waals surface area (Å²) in [4.78, 5) is 31.6. The summed E-state index contributed by atoms with van der Waals surface area (Å²) in [5.74, 6) is 0.973. The molecule has 2 unspecified atom stereocenters. The summed E-state index contributed by atoms with van der Waals surface area (Å²) < 4.78 is 0. The lowest BCUT2D eigenvalue weighted by atomic mass is 10.0. The fourth-order valence-corrected chi connectivity index (χ4v) is 4.99. The molecule has 0 saturated carbocycles. The van der Waals surface area contributed by atoms with Crippen LogP contribution in [0.4, 0.5) is 11.4 Å². The van der Waals surface area contributed by atoms with Crippen molar-refractivity contribution in [1.82, 2.24) is 9.97 Å². The lowest BCUT2D eigenvalue weighted by molar-refractivity contribution is -0.384. The number of benzene rings is 1. The summed E-state index contributed by atoms with van der Waals surface area (Å²) in [6.07, 6.45) is 0. The van der Waals surface area contributed by atoms with Gasteiger partial charge in [-0.05, 0) is 18.9 Å². The van der Waals surface area contributed by atoms with Crippen LogP contribution in [0.5, 0.6) is 0 Å². The number of fused-ring (bicyclic) bond motifs is 1. The van der Waals surface area contributed by atoms with E-state index in [2.05, 4.69) is 29.1 Å². The van der Waals surface area contributed by atoms with E-state index in [1.54, 1.807) is 23.9 Å². The molecule has 2 atom stereocenters. The van der Waals surface area contributed by atoms with Gasteiger partial charge in [0, 0.05) is 28.6 Å². The van der Waals surface area contributed by atoms with Crippen LogP contribution >= 0.6 is 23.5 Å². The Morgan fingerprint density at radius 1 is 1.38 bits per heavy atom. The molecule has 0 saturated heterocycles. The molecular formula is C17H18N4O3S2. The highest BCUT2D eigenvalue weighted by Gasteiger charge is 2.31. The van der Waals surface area contributed by atoms with Crippen LogP contribution in [0.3, 0.4) is 0 Å². The third-order valence-electron chi connectivity index (χ3n) is 4.13. The van der Waals surface area contributed by atoms with Crippen molar-refractivity contribution in [3.8, 4) is 0 Å². The molecule has 2 heterocycles. The van der Waals surface area contributed by atoms with Crippen LogP contribution in [0.1, 0.15) is 31.2 Å². The van der Waals surface area contributed by atoms with Gasteiger partial charge < -0.3 is 5.32 Å². The molecule has 1 amide bonds. The van der Waals surface area contributed by atoms with Crippen LogP contribution in [-0.2, 0) is 4.79 Å². The molecule has 0 bridgehead atoms. The van der Waals surface area contributed by atoms with Gasteiger partial charge in [0.15, 0.2) is 0 Å². The average molecular weight is 390 g/mol. The molecule has 2 aromatic rings. The Labute approximate surface area is 159 Å². The van der Waals surface area contributed by atoms with Gasteiger partial charge in [-0.15, -0.1) is 11.8 Å². The molecule has 1 aromatic heterocycles. The Hall–Kier alpha value is -2.13. The van der Waals surface area contributed by atoms with Gasteiger partial charge in [0.1, 0.15) is 15.9 Å². The average Bonchev–Trinajstić information content (AvgIpc) is 2.87. The summed E-state index contributed by atoms with van der Waals surface area (Å²) in [7, 11) is 0. The molecule has 7 nitrogen and oxygen atoms in total. The topological polar surface area (TPSA) is 98.0 Å². The Morgan fingerprint density at radius 3 is 2.88 bits per heavy atom. The quantitative estimate of drug-likeness (QED) is 0.356. The molecule has 0 aliphatic carbocycles. The van der Waals surface area contributed by atoms with Gasteiger partial charge in [0.2, 0.25) is 5.91 Å². The van der Waals surface area contributed by atoms with Crippen molar-refractivity contribution < 1.29 is 9.72 Å². The third-order valence-corrected chi connectivity index (χ3v) is 6.43. The second kappa shape index (κ2) is 7.63. The standard InChI is InChI=1S/C17H18N4O3S2/c1-9-10(2)26-17-15(9)16(18-11(3)19-17)25-8-14(22)20-12-5-4-6-13(7-12)21(23)24/h4-7,9-10H,8H2,1-3H3,(H,20,22). The van der Waals surface area contributed by atoms with E-state index in [9.17, 15) is 14.9 Å². The first-order valence-corrected chi connectivity index (χ1v) is 9.94. The Bertz CT molecular complexity index is 875. The normalized spacial score (nSPS) is 18.4. The number of nitro benzene ring substituents is 1.